The minimum absolute atomic E-state index is 0.0588. The largest absolute Gasteiger partial charge is 0.390 e. The molecule has 5 nitrogen and oxygen atoms in total. The smallest absolute Gasteiger partial charge is 0.235 e. The third-order valence-electron chi connectivity index (χ3n) is 4.09. The van der Waals surface area contributed by atoms with Gasteiger partial charge >= 0.3 is 0 Å². The second-order valence-electron chi connectivity index (χ2n) is 6.29. The second kappa shape index (κ2) is 5.89. The Morgan fingerprint density at radius 2 is 2.05 bits per heavy atom. The molecule has 0 aromatic carbocycles. The van der Waals surface area contributed by atoms with E-state index in [-0.39, 0.29) is 11.8 Å². The molecular formula is C14H25N3O2. The molecule has 0 radical (unpaired) electrons. The number of likely N-dealkylation sites (tertiary alicyclic amines) is 1. The first-order valence-electron chi connectivity index (χ1n) is 6.85. The van der Waals surface area contributed by atoms with Crippen LogP contribution in [0.2, 0.25) is 0 Å². The van der Waals surface area contributed by atoms with E-state index < -0.39 is 11.1 Å². The van der Waals surface area contributed by atoms with E-state index in [1.165, 1.54) is 0 Å². The van der Waals surface area contributed by atoms with Crippen molar-refractivity contribution < 1.29 is 9.90 Å². The number of nitrogens with zero attached hydrogens (tertiary/aromatic N) is 2. The van der Waals surface area contributed by atoms with Crippen LogP contribution in [0.25, 0.3) is 0 Å². The fraction of sp³-hybridized carbons (Fsp3) is 0.857. The predicted molar refractivity (Wildman–Crippen MR) is 73.3 cm³/mol. The third-order valence-corrected chi connectivity index (χ3v) is 4.09. The third kappa shape index (κ3) is 4.48. The number of hydrogen-bond acceptors (Lipinski definition) is 4. The molecule has 0 spiro atoms. The lowest BCUT2D eigenvalue weighted by Crippen LogP contribution is -2.53. The number of aliphatic hydroxyl groups is 1. The van der Waals surface area contributed by atoms with E-state index in [0.29, 0.717) is 32.5 Å². The van der Waals surface area contributed by atoms with Crippen molar-refractivity contribution in [3.63, 3.8) is 0 Å². The first-order chi connectivity index (χ1) is 8.68. The van der Waals surface area contributed by atoms with E-state index in [2.05, 4.69) is 11.4 Å². The van der Waals surface area contributed by atoms with Crippen LogP contribution < -0.4 is 5.32 Å². The van der Waals surface area contributed by atoms with Crippen molar-refractivity contribution in [3.8, 4) is 6.07 Å². The summed E-state index contributed by atoms with van der Waals surface area (Å²) < 4.78 is 0. The van der Waals surface area contributed by atoms with Crippen molar-refractivity contribution in [1.82, 2.24) is 10.2 Å². The summed E-state index contributed by atoms with van der Waals surface area (Å²) in [4.78, 5) is 14.0. The Morgan fingerprint density at radius 1 is 1.53 bits per heavy atom. The minimum atomic E-state index is -0.821. The minimum Gasteiger partial charge on any atom is -0.390 e. The standard InChI is InChI=1S/C14H25N3O2/c1-11(2)14(4,10-15)16-12(18)9-17-7-5-13(3,19)6-8-17/h11,19H,5-9H2,1-4H3,(H,16,18). The Hall–Kier alpha value is -1.12. The molecule has 0 aliphatic carbocycles. The van der Waals surface area contributed by atoms with Crippen LogP contribution in [0.1, 0.15) is 40.5 Å². The Morgan fingerprint density at radius 3 is 2.47 bits per heavy atom. The molecule has 1 atom stereocenters. The van der Waals surface area contributed by atoms with E-state index in [0.717, 1.165) is 0 Å². The number of nitrogens with one attached hydrogen (secondary N) is 1. The number of nitriles is 1. The molecular weight excluding hydrogens is 242 g/mol. The van der Waals surface area contributed by atoms with Gasteiger partial charge in [-0.05, 0) is 32.6 Å². The van der Waals surface area contributed by atoms with Crippen LogP contribution >= 0.6 is 0 Å². The number of carbonyl (C=O) groups excluding carboxylic acids is 1. The number of hydrogen-bond donors (Lipinski definition) is 2. The van der Waals surface area contributed by atoms with E-state index in [1.807, 2.05) is 25.7 Å². The second-order valence-corrected chi connectivity index (χ2v) is 6.29. The average molecular weight is 267 g/mol. The zero-order chi connectivity index (χ0) is 14.7. The van der Waals surface area contributed by atoms with Gasteiger partial charge in [-0.25, -0.2) is 0 Å². The summed E-state index contributed by atoms with van der Waals surface area (Å²) in [6.07, 6.45) is 1.36. The van der Waals surface area contributed by atoms with Gasteiger partial charge < -0.3 is 10.4 Å². The van der Waals surface area contributed by atoms with Gasteiger partial charge in [0.2, 0.25) is 5.91 Å². The fourth-order valence-corrected chi connectivity index (χ4v) is 2.03. The number of piperidine rings is 1. The van der Waals surface area contributed by atoms with Crippen molar-refractivity contribution in [2.45, 2.75) is 51.7 Å². The SMILES string of the molecule is CC(C)C(C)(C#N)NC(=O)CN1CCC(C)(O)CC1. The molecule has 19 heavy (non-hydrogen) atoms. The highest BCUT2D eigenvalue weighted by molar-refractivity contribution is 5.79. The maximum absolute atomic E-state index is 12.0. The lowest BCUT2D eigenvalue weighted by molar-refractivity contribution is -0.125. The van der Waals surface area contributed by atoms with Crippen LogP contribution in [0, 0.1) is 17.2 Å². The molecule has 5 heteroatoms. The maximum Gasteiger partial charge on any atom is 0.235 e. The van der Waals surface area contributed by atoms with Gasteiger partial charge in [0, 0.05) is 13.1 Å². The number of amides is 1. The highest BCUT2D eigenvalue weighted by Crippen LogP contribution is 2.21. The van der Waals surface area contributed by atoms with Gasteiger partial charge in [0.05, 0.1) is 18.2 Å². The lowest BCUT2D eigenvalue weighted by Gasteiger charge is -2.36. The molecule has 0 saturated carbocycles. The zero-order valence-electron chi connectivity index (χ0n) is 12.4. The van der Waals surface area contributed by atoms with Crippen LogP contribution in [-0.4, -0.2) is 46.7 Å². The summed E-state index contributed by atoms with van der Waals surface area (Å²) in [7, 11) is 0. The molecule has 1 rings (SSSR count). The van der Waals surface area contributed by atoms with Crippen LogP contribution in [0.5, 0.6) is 0 Å². The van der Waals surface area contributed by atoms with Crippen molar-refractivity contribution in [2.75, 3.05) is 19.6 Å². The molecule has 1 amide bonds. The maximum atomic E-state index is 12.0. The highest BCUT2D eigenvalue weighted by atomic mass is 16.3. The van der Waals surface area contributed by atoms with E-state index in [9.17, 15) is 9.90 Å². The predicted octanol–water partition coefficient (Wildman–Crippen LogP) is 0.888. The topological polar surface area (TPSA) is 76.4 Å². The summed E-state index contributed by atoms with van der Waals surface area (Å²) in [5.41, 5.74) is -1.43. The quantitative estimate of drug-likeness (QED) is 0.793. The van der Waals surface area contributed by atoms with Crippen LogP contribution in [-0.2, 0) is 4.79 Å². The molecule has 0 aromatic heterocycles. The van der Waals surface area contributed by atoms with Crippen molar-refractivity contribution in [1.29, 1.82) is 5.26 Å². The average Bonchev–Trinajstić information content (AvgIpc) is 2.31. The summed E-state index contributed by atoms with van der Waals surface area (Å²) in [5.74, 6) is -0.0668. The van der Waals surface area contributed by atoms with Gasteiger partial charge in [-0.3, -0.25) is 9.69 Å². The van der Waals surface area contributed by atoms with Crippen LogP contribution in [0.4, 0.5) is 0 Å². The Bertz CT molecular complexity index is 363. The Balaban J connectivity index is 2.47. The summed E-state index contributed by atoms with van der Waals surface area (Å²) in [5, 5.41) is 21.8. The molecule has 1 aliphatic heterocycles. The molecule has 1 aliphatic rings. The van der Waals surface area contributed by atoms with Crippen LogP contribution in [0.3, 0.4) is 0 Å². The normalized spacial score (nSPS) is 22.6. The molecule has 1 heterocycles. The fourth-order valence-electron chi connectivity index (χ4n) is 2.03. The molecule has 1 fully saturated rings. The zero-order valence-corrected chi connectivity index (χ0v) is 12.4. The van der Waals surface area contributed by atoms with Gasteiger partial charge in [-0.15, -0.1) is 0 Å². The first kappa shape index (κ1) is 15.9. The lowest BCUT2D eigenvalue weighted by atomic mass is 9.90. The monoisotopic (exact) mass is 267 g/mol. The molecule has 2 N–H and O–H groups in total. The summed E-state index contributed by atoms with van der Waals surface area (Å²) in [6.45, 7) is 9.13. The van der Waals surface area contributed by atoms with Gasteiger partial charge in [-0.1, -0.05) is 13.8 Å². The van der Waals surface area contributed by atoms with Crippen molar-refractivity contribution in [3.05, 3.63) is 0 Å². The van der Waals surface area contributed by atoms with Gasteiger partial charge in [0.25, 0.3) is 0 Å². The van der Waals surface area contributed by atoms with Gasteiger partial charge in [0.1, 0.15) is 5.54 Å². The number of carbonyl (C=O) groups is 1. The van der Waals surface area contributed by atoms with E-state index in [1.54, 1.807) is 6.92 Å². The van der Waals surface area contributed by atoms with E-state index in [4.69, 9.17) is 5.26 Å². The van der Waals surface area contributed by atoms with Crippen molar-refractivity contribution >= 4 is 5.91 Å². The highest BCUT2D eigenvalue weighted by Gasteiger charge is 2.32. The summed E-state index contributed by atoms with van der Waals surface area (Å²) >= 11 is 0. The molecule has 1 saturated heterocycles. The summed E-state index contributed by atoms with van der Waals surface area (Å²) in [6, 6.07) is 2.17. The van der Waals surface area contributed by atoms with Gasteiger partial charge in [-0.2, -0.15) is 5.26 Å². The van der Waals surface area contributed by atoms with Crippen LogP contribution in [0.15, 0.2) is 0 Å². The molecule has 108 valence electrons. The van der Waals surface area contributed by atoms with Gasteiger partial charge in [0.15, 0.2) is 0 Å². The number of rotatable bonds is 4. The van der Waals surface area contributed by atoms with E-state index >= 15 is 0 Å². The molecule has 1 unspecified atom stereocenters. The molecule has 0 bridgehead atoms. The Labute approximate surface area is 115 Å². The molecule has 0 aromatic rings. The van der Waals surface area contributed by atoms with Crippen molar-refractivity contribution in [2.24, 2.45) is 5.92 Å². The first-order valence-corrected chi connectivity index (χ1v) is 6.85. The Kier molecular flexibility index (Phi) is 4.94.